The first-order valence-electron chi connectivity index (χ1n) is 5.37. The van der Waals surface area contributed by atoms with Gasteiger partial charge in [0.2, 0.25) is 0 Å². The summed E-state index contributed by atoms with van der Waals surface area (Å²) in [4.78, 5) is 0. The molecule has 0 aliphatic carbocycles. The molecular weight excluding hydrogens is 282 g/mol. The standard InChI is InChI=1S/C14H13FOSe/c15-12-6-8-13(9-7-12)17-10-14(16)11-4-2-1-3-5-11/h1-9,14,16H,10H2/t14-/m0/s1. The molecule has 0 unspecified atom stereocenters. The quantitative estimate of drug-likeness (QED) is 0.858. The van der Waals surface area contributed by atoms with E-state index in [4.69, 9.17) is 0 Å². The Morgan fingerprint density at radius 1 is 1.00 bits per heavy atom. The zero-order valence-corrected chi connectivity index (χ0v) is 10.9. The van der Waals surface area contributed by atoms with Gasteiger partial charge in [0.25, 0.3) is 0 Å². The van der Waals surface area contributed by atoms with E-state index in [-0.39, 0.29) is 20.8 Å². The Bertz CT molecular complexity index is 455. The Morgan fingerprint density at radius 2 is 1.65 bits per heavy atom. The van der Waals surface area contributed by atoms with Crippen molar-refractivity contribution >= 4 is 19.4 Å². The zero-order valence-electron chi connectivity index (χ0n) is 9.21. The van der Waals surface area contributed by atoms with Crippen molar-refractivity contribution in [2.24, 2.45) is 0 Å². The molecule has 0 spiro atoms. The number of rotatable bonds is 4. The van der Waals surface area contributed by atoms with Gasteiger partial charge in [0, 0.05) is 0 Å². The Morgan fingerprint density at radius 3 is 2.29 bits per heavy atom. The van der Waals surface area contributed by atoms with Crippen LogP contribution in [0.2, 0.25) is 5.32 Å². The van der Waals surface area contributed by atoms with Gasteiger partial charge in [0.05, 0.1) is 0 Å². The Balaban J connectivity index is 1.92. The predicted octanol–water partition coefficient (Wildman–Crippen LogP) is 2.31. The van der Waals surface area contributed by atoms with Crippen LogP contribution >= 0.6 is 0 Å². The third-order valence-electron chi connectivity index (χ3n) is 2.41. The van der Waals surface area contributed by atoms with Crippen molar-refractivity contribution < 1.29 is 9.50 Å². The maximum atomic E-state index is 12.7. The van der Waals surface area contributed by atoms with Gasteiger partial charge >= 0.3 is 106 Å². The van der Waals surface area contributed by atoms with Crippen LogP contribution in [0.5, 0.6) is 0 Å². The topological polar surface area (TPSA) is 20.2 Å². The van der Waals surface area contributed by atoms with Crippen LogP contribution in [0, 0.1) is 5.82 Å². The summed E-state index contributed by atoms with van der Waals surface area (Å²) in [6, 6.07) is 16.1. The van der Waals surface area contributed by atoms with Crippen LogP contribution in [0.25, 0.3) is 0 Å². The molecule has 0 saturated heterocycles. The first-order valence-corrected chi connectivity index (χ1v) is 7.44. The molecule has 88 valence electrons. The van der Waals surface area contributed by atoms with E-state index in [0.717, 1.165) is 10.0 Å². The molecule has 1 nitrogen and oxygen atoms in total. The van der Waals surface area contributed by atoms with Crippen LogP contribution in [-0.2, 0) is 0 Å². The maximum absolute atomic E-state index is 12.7. The average Bonchev–Trinajstić information content (AvgIpc) is 2.39. The van der Waals surface area contributed by atoms with Crippen molar-refractivity contribution in [3.63, 3.8) is 0 Å². The van der Waals surface area contributed by atoms with Crippen LogP contribution in [0.15, 0.2) is 54.6 Å². The van der Waals surface area contributed by atoms with E-state index in [1.54, 1.807) is 12.1 Å². The first kappa shape index (κ1) is 12.3. The van der Waals surface area contributed by atoms with Crippen LogP contribution in [0.4, 0.5) is 4.39 Å². The summed E-state index contributed by atoms with van der Waals surface area (Å²) in [5, 5.41) is 10.7. The molecule has 2 aromatic carbocycles. The fourth-order valence-corrected chi connectivity index (χ4v) is 3.31. The summed E-state index contributed by atoms with van der Waals surface area (Å²) in [6.07, 6.45) is -0.429. The second kappa shape index (κ2) is 5.97. The molecule has 0 heterocycles. The molecule has 2 rings (SSSR count). The van der Waals surface area contributed by atoms with Gasteiger partial charge in [-0.15, -0.1) is 0 Å². The average molecular weight is 295 g/mol. The summed E-state index contributed by atoms with van der Waals surface area (Å²) in [5.41, 5.74) is 0.941. The molecule has 0 aromatic heterocycles. The monoisotopic (exact) mass is 296 g/mol. The van der Waals surface area contributed by atoms with Crippen molar-refractivity contribution in [2.45, 2.75) is 11.4 Å². The van der Waals surface area contributed by atoms with Crippen LogP contribution in [-0.4, -0.2) is 20.1 Å². The number of halogens is 1. The van der Waals surface area contributed by atoms with E-state index in [1.165, 1.54) is 12.1 Å². The second-order valence-electron chi connectivity index (χ2n) is 3.69. The zero-order chi connectivity index (χ0) is 12.1. The Kier molecular flexibility index (Phi) is 4.32. The van der Waals surface area contributed by atoms with Crippen molar-refractivity contribution in [2.75, 3.05) is 0 Å². The van der Waals surface area contributed by atoms with Crippen LogP contribution in [0.3, 0.4) is 0 Å². The summed E-state index contributed by atoms with van der Waals surface area (Å²) >= 11 is 0.170. The van der Waals surface area contributed by atoms with Crippen molar-refractivity contribution in [1.29, 1.82) is 0 Å². The fraction of sp³-hybridized carbons (Fsp3) is 0.143. The summed E-state index contributed by atoms with van der Waals surface area (Å²) in [6.45, 7) is 0. The fourth-order valence-electron chi connectivity index (χ4n) is 1.48. The summed E-state index contributed by atoms with van der Waals surface area (Å²) in [5.74, 6) is -0.215. The van der Waals surface area contributed by atoms with Crippen molar-refractivity contribution in [3.8, 4) is 0 Å². The predicted molar refractivity (Wildman–Crippen MR) is 68.0 cm³/mol. The van der Waals surface area contributed by atoms with Gasteiger partial charge in [0.1, 0.15) is 0 Å². The molecular formula is C14H13FOSe. The van der Waals surface area contributed by atoms with E-state index in [2.05, 4.69) is 0 Å². The van der Waals surface area contributed by atoms with Gasteiger partial charge in [-0.05, 0) is 0 Å². The molecule has 1 atom stereocenters. The summed E-state index contributed by atoms with van der Waals surface area (Å²) in [7, 11) is 0. The number of aliphatic hydroxyl groups is 1. The number of aliphatic hydroxyl groups excluding tert-OH is 1. The third-order valence-corrected chi connectivity index (χ3v) is 4.69. The summed E-state index contributed by atoms with van der Waals surface area (Å²) < 4.78 is 13.8. The molecule has 0 bridgehead atoms. The van der Waals surface area contributed by atoms with Gasteiger partial charge < -0.3 is 0 Å². The van der Waals surface area contributed by atoms with E-state index >= 15 is 0 Å². The minimum absolute atomic E-state index is 0.170. The van der Waals surface area contributed by atoms with Crippen molar-refractivity contribution in [3.05, 3.63) is 66.0 Å². The van der Waals surface area contributed by atoms with E-state index < -0.39 is 6.10 Å². The number of hydrogen-bond acceptors (Lipinski definition) is 1. The molecule has 3 heteroatoms. The van der Waals surface area contributed by atoms with Crippen LogP contribution in [0.1, 0.15) is 11.7 Å². The second-order valence-corrected chi connectivity index (χ2v) is 5.99. The Hall–Kier alpha value is -1.15. The molecule has 0 aliphatic rings. The Labute approximate surface area is 106 Å². The van der Waals surface area contributed by atoms with Crippen molar-refractivity contribution in [1.82, 2.24) is 0 Å². The first-order chi connectivity index (χ1) is 8.25. The van der Waals surface area contributed by atoms with Crippen LogP contribution < -0.4 is 4.46 Å². The molecule has 1 N–H and O–H groups in total. The number of hydrogen-bond donors (Lipinski definition) is 1. The molecule has 17 heavy (non-hydrogen) atoms. The normalized spacial score (nSPS) is 12.4. The van der Waals surface area contributed by atoms with Gasteiger partial charge in [-0.3, -0.25) is 0 Å². The molecule has 2 aromatic rings. The van der Waals surface area contributed by atoms with E-state index in [9.17, 15) is 9.50 Å². The van der Waals surface area contributed by atoms with Gasteiger partial charge in [-0.2, -0.15) is 0 Å². The van der Waals surface area contributed by atoms with Gasteiger partial charge in [0.15, 0.2) is 0 Å². The molecule has 0 saturated carbocycles. The minimum atomic E-state index is -0.429. The molecule has 0 fully saturated rings. The van der Waals surface area contributed by atoms with Gasteiger partial charge in [-0.25, -0.2) is 0 Å². The molecule has 0 aliphatic heterocycles. The third kappa shape index (κ3) is 3.67. The molecule has 0 radical (unpaired) electrons. The van der Waals surface area contributed by atoms with E-state index in [1.807, 2.05) is 30.3 Å². The van der Waals surface area contributed by atoms with Gasteiger partial charge in [-0.1, -0.05) is 0 Å². The SMILES string of the molecule is O[C@@H](C[Se]c1ccc(F)cc1)c1ccccc1. The molecule has 0 amide bonds. The number of benzene rings is 2. The van der Waals surface area contributed by atoms with E-state index in [0.29, 0.717) is 5.32 Å².